The van der Waals surface area contributed by atoms with Gasteiger partial charge in [-0.2, -0.15) is 0 Å². The van der Waals surface area contributed by atoms with Crippen molar-refractivity contribution in [2.24, 2.45) is 5.92 Å². The number of aliphatic hydroxyl groups excluding tert-OH is 1. The molecule has 1 saturated carbocycles. The summed E-state index contributed by atoms with van der Waals surface area (Å²) < 4.78 is 13.9. The number of nitrogens with one attached hydrogen (secondary N) is 1. The lowest BCUT2D eigenvalue weighted by atomic mass is 9.85. The van der Waals surface area contributed by atoms with Gasteiger partial charge in [-0.15, -0.1) is 0 Å². The van der Waals surface area contributed by atoms with Crippen molar-refractivity contribution in [3.05, 3.63) is 30.1 Å². The Kier molecular flexibility index (Phi) is 5.59. The Labute approximate surface area is 127 Å². The van der Waals surface area contributed by atoms with E-state index >= 15 is 0 Å². The Morgan fingerprint density at radius 3 is 2.81 bits per heavy atom. The Balaban J connectivity index is 2.02. The van der Waals surface area contributed by atoms with Crippen LogP contribution in [0.3, 0.4) is 0 Å². The van der Waals surface area contributed by atoms with Crippen molar-refractivity contribution >= 4 is 5.69 Å². The monoisotopic (exact) mass is 294 g/mol. The van der Waals surface area contributed by atoms with E-state index < -0.39 is 0 Å². The molecule has 3 nitrogen and oxygen atoms in total. The SMILES string of the molecule is CCN(CCC1CCCC1(CO)NC)c1ccccc1F. The summed E-state index contributed by atoms with van der Waals surface area (Å²) in [6.07, 6.45) is 4.29. The van der Waals surface area contributed by atoms with Crippen molar-refractivity contribution in [2.75, 3.05) is 31.6 Å². The lowest BCUT2D eigenvalue weighted by molar-refractivity contribution is 0.128. The molecule has 1 fully saturated rings. The number of aliphatic hydroxyl groups is 1. The minimum Gasteiger partial charge on any atom is -0.394 e. The lowest BCUT2D eigenvalue weighted by Gasteiger charge is -2.35. The first kappa shape index (κ1) is 16.2. The van der Waals surface area contributed by atoms with Gasteiger partial charge in [0.1, 0.15) is 5.82 Å². The number of rotatable bonds is 7. The van der Waals surface area contributed by atoms with E-state index in [4.69, 9.17) is 0 Å². The van der Waals surface area contributed by atoms with E-state index in [2.05, 4.69) is 17.1 Å². The van der Waals surface area contributed by atoms with Crippen LogP contribution in [0.25, 0.3) is 0 Å². The number of para-hydroxylation sites is 1. The van der Waals surface area contributed by atoms with Crippen LogP contribution >= 0.6 is 0 Å². The zero-order chi connectivity index (χ0) is 15.3. The summed E-state index contributed by atoms with van der Waals surface area (Å²) >= 11 is 0. The van der Waals surface area contributed by atoms with Crippen LogP contribution in [-0.4, -0.2) is 37.4 Å². The predicted octanol–water partition coefficient (Wildman–Crippen LogP) is 2.79. The largest absolute Gasteiger partial charge is 0.394 e. The van der Waals surface area contributed by atoms with E-state index in [9.17, 15) is 9.50 Å². The second-order valence-corrected chi connectivity index (χ2v) is 5.97. The molecule has 1 aliphatic carbocycles. The second kappa shape index (κ2) is 7.23. The lowest BCUT2D eigenvalue weighted by Crippen LogP contribution is -2.50. The molecule has 0 saturated heterocycles. The van der Waals surface area contributed by atoms with Crippen LogP contribution in [0.15, 0.2) is 24.3 Å². The molecule has 0 aromatic heterocycles. The van der Waals surface area contributed by atoms with Crippen molar-refractivity contribution in [1.29, 1.82) is 0 Å². The number of hydrogen-bond acceptors (Lipinski definition) is 3. The maximum Gasteiger partial charge on any atom is 0.146 e. The maximum atomic E-state index is 13.9. The Bertz CT molecular complexity index is 448. The zero-order valence-corrected chi connectivity index (χ0v) is 13.1. The number of nitrogens with zero attached hydrogens (tertiary/aromatic N) is 1. The molecule has 2 unspecified atom stereocenters. The van der Waals surface area contributed by atoms with E-state index in [-0.39, 0.29) is 18.0 Å². The summed E-state index contributed by atoms with van der Waals surface area (Å²) in [5.74, 6) is 0.293. The van der Waals surface area contributed by atoms with Gasteiger partial charge >= 0.3 is 0 Å². The summed E-state index contributed by atoms with van der Waals surface area (Å²) in [6.45, 7) is 3.85. The van der Waals surface area contributed by atoms with E-state index in [1.807, 2.05) is 19.2 Å². The Morgan fingerprint density at radius 2 is 2.19 bits per heavy atom. The highest BCUT2D eigenvalue weighted by Gasteiger charge is 2.40. The normalized spacial score (nSPS) is 25.2. The number of halogens is 1. The minimum absolute atomic E-state index is 0.144. The summed E-state index contributed by atoms with van der Waals surface area (Å²) in [4.78, 5) is 2.09. The molecule has 0 aliphatic heterocycles. The van der Waals surface area contributed by atoms with Crippen LogP contribution < -0.4 is 10.2 Å². The summed E-state index contributed by atoms with van der Waals surface area (Å²) in [5.41, 5.74) is 0.534. The van der Waals surface area contributed by atoms with Crippen LogP contribution in [0, 0.1) is 11.7 Å². The summed E-state index contributed by atoms with van der Waals surface area (Å²) in [5, 5.41) is 13.1. The van der Waals surface area contributed by atoms with E-state index in [1.54, 1.807) is 6.07 Å². The minimum atomic E-state index is -0.159. The highest BCUT2D eigenvalue weighted by molar-refractivity contribution is 5.47. The van der Waals surface area contributed by atoms with Crippen molar-refractivity contribution in [3.8, 4) is 0 Å². The number of likely N-dealkylation sites (N-methyl/N-ethyl adjacent to an activating group) is 1. The molecule has 2 atom stereocenters. The molecule has 0 bridgehead atoms. The molecule has 4 heteroatoms. The predicted molar refractivity (Wildman–Crippen MR) is 85.1 cm³/mol. The van der Waals surface area contributed by atoms with Crippen LogP contribution in [0.4, 0.5) is 10.1 Å². The standard InChI is InChI=1S/C17H27FN2O/c1-3-20(16-9-5-4-8-15(16)18)12-10-14-7-6-11-17(14,13-21)19-2/h4-5,8-9,14,19,21H,3,6-7,10-13H2,1-2H3. The molecule has 1 aromatic carbocycles. The fourth-order valence-corrected chi connectivity index (χ4v) is 3.65. The summed E-state index contributed by atoms with van der Waals surface area (Å²) in [6, 6.07) is 6.95. The van der Waals surface area contributed by atoms with E-state index in [1.165, 1.54) is 6.07 Å². The van der Waals surface area contributed by atoms with Crippen molar-refractivity contribution in [2.45, 2.75) is 38.1 Å². The van der Waals surface area contributed by atoms with Gasteiger partial charge in [0.05, 0.1) is 12.3 Å². The molecular formula is C17H27FN2O. The van der Waals surface area contributed by atoms with Crippen LogP contribution in [0.1, 0.15) is 32.6 Å². The smallest absolute Gasteiger partial charge is 0.146 e. The van der Waals surface area contributed by atoms with Gasteiger partial charge in [0.15, 0.2) is 0 Å². The first-order valence-corrected chi connectivity index (χ1v) is 7.96. The van der Waals surface area contributed by atoms with Crippen molar-refractivity contribution in [3.63, 3.8) is 0 Å². The Hall–Kier alpha value is -1.13. The topological polar surface area (TPSA) is 35.5 Å². The average molecular weight is 294 g/mol. The highest BCUT2D eigenvalue weighted by Crippen LogP contribution is 2.37. The fraction of sp³-hybridized carbons (Fsp3) is 0.647. The molecule has 118 valence electrons. The number of anilines is 1. The van der Waals surface area contributed by atoms with Gasteiger partial charge in [0, 0.05) is 18.6 Å². The van der Waals surface area contributed by atoms with Gasteiger partial charge in [0.2, 0.25) is 0 Å². The number of benzene rings is 1. The van der Waals surface area contributed by atoms with Crippen LogP contribution in [-0.2, 0) is 0 Å². The first-order valence-electron chi connectivity index (χ1n) is 7.96. The van der Waals surface area contributed by atoms with E-state index in [0.29, 0.717) is 11.6 Å². The fourth-order valence-electron chi connectivity index (χ4n) is 3.65. The molecule has 0 amide bonds. The van der Waals surface area contributed by atoms with Crippen molar-refractivity contribution < 1.29 is 9.50 Å². The molecule has 21 heavy (non-hydrogen) atoms. The van der Waals surface area contributed by atoms with Gasteiger partial charge in [-0.1, -0.05) is 18.6 Å². The zero-order valence-electron chi connectivity index (χ0n) is 13.1. The molecule has 1 aliphatic rings. The van der Waals surface area contributed by atoms with E-state index in [0.717, 1.165) is 38.8 Å². The maximum absolute atomic E-state index is 13.9. The molecule has 2 N–H and O–H groups in total. The van der Waals surface area contributed by atoms with Gasteiger partial charge in [0.25, 0.3) is 0 Å². The van der Waals surface area contributed by atoms with Crippen LogP contribution in [0.2, 0.25) is 0 Å². The van der Waals surface area contributed by atoms with Crippen LogP contribution in [0.5, 0.6) is 0 Å². The first-order chi connectivity index (χ1) is 10.2. The van der Waals surface area contributed by atoms with Gasteiger partial charge < -0.3 is 15.3 Å². The third-order valence-electron chi connectivity index (χ3n) is 5.06. The van der Waals surface area contributed by atoms with Gasteiger partial charge in [-0.3, -0.25) is 0 Å². The molecule has 0 heterocycles. The third-order valence-corrected chi connectivity index (χ3v) is 5.06. The second-order valence-electron chi connectivity index (χ2n) is 5.97. The highest BCUT2D eigenvalue weighted by atomic mass is 19.1. The van der Waals surface area contributed by atoms with Gasteiger partial charge in [-0.05, 0) is 51.3 Å². The molecular weight excluding hydrogens is 267 g/mol. The number of hydrogen-bond donors (Lipinski definition) is 2. The van der Waals surface area contributed by atoms with Crippen molar-refractivity contribution in [1.82, 2.24) is 5.32 Å². The third kappa shape index (κ3) is 3.38. The molecule has 1 aromatic rings. The molecule has 2 rings (SSSR count). The molecule has 0 spiro atoms. The molecule has 0 radical (unpaired) electrons. The summed E-state index contributed by atoms with van der Waals surface area (Å²) in [7, 11) is 1.93. The Morgan fingerprint density at radius 1 is 1.43 bits per heavy atom. The average Bonchev–Trinajstić information content (AvgIpc) is 2.93. The quantitative estimate of drug-likeness (QED) is 0.812. The van der Waals surface area contributed by atoms with Gasteiger partial charge in [-0.25, -0.2) is 4.39 Å².